The van der Waals surface area contributed by atoms with Crippen LogP contribution in [0.4, 0.5) is 0 Å². The standard InChI is InChI=1S/C20H23N3O2S/c24-19(7-5-15-8-10-26-14-15)23-12-16-4-6-17(23)13-22(11-16)20(25)18-3-1-2-9-21-18/h1-3,8-10,14,16-17H,4-7,11-13H2/t16-,17+/m1/s1. The largest absolute Gasteiger partial charge is 0.338 e. The third-order valence-electron chi connectivity index (χ3n) is 5.41. The van der Waals surface area contributed by atoms with Gasteiger partial charge < -0.3 is 9.80 Å². The first-order chi connectivity index (χ1) is 12.7. The van der Waals surface area contributed by atoms with E-state index >= 15 is 0 Å². The molecule has 5 rings (SSSR count). The lowest BCUT2D eigenvalue weighted by Gasteiger charge is -2.36. The van der Waals surface area contributed by atoms with Crippen LogP contribution >= 0.6 is 11.3 Å². The first-order valence-electron chi connectivity index (χ1n) is 9.21. The van der Waals surface area contributed by atoms with Gasteiger partial charge in [0, 0.05) is 38.3 Å². The molecular weight excluding hydrogens is 346 g/mol. The van der Waals surface area contributed by atoms with Gasteiger partial charge in [-0.15, -0.1) is 0 Å². The molecule has 3 saturated heterocycles. The second-order valence-electron chi connectivity index (χ2n) is 7.20. The summed E-state index contributed by atoms with van der Waals surface area (Å²) in [6, 6.07) is 7.64. The maximum Gasteiger partial charge on any atom is 0.272 e. The Bertz CT molecular complexity index is 763. The molecule has 0 saturated carbocycles. The highest BCUT2D eigenvalue weighted by molar-refractivity contribution is 7.07. The average molecular weight is 369 g/mol. The zero-order valence-electron chi connectivity index (χ0n) is 14.7. The van der Waals surface area contributed by atoms with Crippen LogP contribution < -0.4 is 0 Å². The number of rotatable bonds is 4. The van der Waals surface area contributed by atoms with Gasteiger partial charge in [0.15, 0.2) is 0 Å². The van der Waals surface area contributed by atoms with Crippen LogP contribution in [0, 0.1) is 5.92 Å². The van der Waals surface area contributed by atoms with Crippen LogP contribution in [0.2, 0.25) is 0 Å². The molecule has 2 amide bonds. The molecule has 5 nitrogen and oxygen atoms in total. The Morgan fingerprint density at radius 3 is 2.85 bits per heavy atom. The van der Waals surface area contributed by atoms with Gasteiger partial charge in [-0.2, -0.15) is 11.3 Å². The van der Waals surface area contributed by atoms with E-state index in [1.807, 2.05) is 21.9 Å². The van der Waals surface area contributed by atoms with Gasteiger partial charge in [0.05, 0.1) is 0 Å². The number of pyridine rings is 1. The van der Waals surface area contributed by atoms with Crippen molar-refractivity contribution < 1.29 is 9.59 Å². The summed E-state index contributed by atoms with van der Waals surface area (Å²) >= 11 is 1.67. The predicted octanol–water partition coefficient (Wildman–Crippen LogP) is 2.84. The van der Waals surface area contributed by atoms with E-state index in [2.05, 4.69) is 21.8 Å². The minimum atomic E-state index is -0.0185. The smallest absolute Gasteiger partial charge is 0.272 e. The van der Waals surface area contributed by atoms with Crippen molar-refractivity contribution in [3.8, 4) is 0 Å². The lowest BCUT2D eigenvalue weighted by Crippen LogP contribution is -2.47. The highest BCUT2D eigenvalue weighted by Crippen LogP contribution is 2.29. The molecule has 2 atom stereocenters. The molecule has 6 heteroatoms. The summed E-state index contributed by atoms with van der Waals surface area (Å²) in [6.45, 7) is 2.12. The molecular formula is C20H23N3O2S. The Kier molecular flexibility index (Phi) is 5.02. The average Bonchev–Trinajstić information content (AvgIpc) is 3.04. The molecule has 2 aromatic rings. The van der Waals surface area contributed by atoms with Crippen LogP contribution in [0.1, 0.15) is 35.3 Å². The van der Waals surface area contributed by atoms with Crippen molar-refractivity contribution in [1.82, 2.24) is 14.8 Å². The van der Waals surface area contributed by atoms with Gasteiger partial charge in [0.1, 0.15) is 5.69 Å². The van der Waals surface area contributed by atoms with Crippen LogP contribution in [0.25, 0.3) is 0 Å². The lowest BCUT2D eigenvalue weighted by molar-refractivity contribution is -0.135. The van der Waals surface area contributed by atoms with E-state index in [1.54, 1.807) is 23.6 Å². The summed E-state index contributed by atoms with van der Waals surface area (Å²) in [5.74, 6) is 0.569. The molecule has 2 bridgehead atoms. The fourth-order valence-electron chi connectivity index (χ4n) is 4.03. The van der Waals surface area contributed by atoms with Crippen molar-refractivity contribution in [1.29, 1.82) is 0 Å². The zero-order valence-corrected chi connectivity index (χ0v) is 15.5. The molecule has 0 N–H and O–H groups in total. The second kappa shape index (κ2) is 7.58. The number of fused-ring (bicyclic) bond motifs is 4. The molecule has 0 aliphatic carbocycles. The topological polar surface area (TPSA) is 53.5 Å². The van der Waals surface area contributed by atoms with Crippen LogP contribution in [0.5, 0.6) is 0 Å². The van der Waals surface area contributed by atoms with E-state index in [1.165, 1.54) is 5.56 Å². The summed E-state index contributed by atoms with van der Waals surface area (Å²) in [7, 11) is 0. The van der Waals surface area contributed by atoms with E-state index in [0.717, 1.165) is 32.4 Å². The van der Waals surface area contributed by atoms with Crippen LogP contribution in [-0.4, -0.2) is 52.3 Å². The zero-order chi connectivity index (χ0) is 17.9. The predicted molar refractivity (Wildman–Crippen MR) is 101 cm³/mol. The first-order valence-corrected chi connectivity index (χ1v) is 10.2. The highest BCUT2D eigenvalue weighted by Gasteiger charge is 2.38. The normalized spacial score (nSPS) is 22.3. The molecule has 136 valence electrons. The molecule has 26 heavy (non-hydrogen) atoms. The minimum Gasteiger partial charge on any atom is -0.338 e. The molecule has 0 spiro atoms. The number of hydrogen-bond acceptors (Lipinski definition) is 4. The quantitative estimate of drug-likeness (QED) is 0.833. The monoisotopic (exact) mass is 369 g/mol. The molecule has 0 unspecified atom stereocenters. The van der Waals surface area contributed by atoms with Gasteiger partial charge >= 0.3 is 0 Å². The number of amides is 2. The van der Waals surface area contributed by atoms with E-state index in [4.69, 9.17) is 0 Å². The molecule has 0 aromatic carbocycles. The number of nitrogens with zero attached hydrogens (tertiary/aromatic N) is 3. The molecule has 3 fully saturated rings. The third kappa shape index (κ3) is 3.65. The number of carbonyl (C=O) groups is 2. The van der Waals surface area contributed by atoms with Crippen molar-refractivity contribution >= 4 is 23.2 Å². The van der Waals surface area contributed by atoms with Gasteiger partial charge in [-0.3, -0.25) is 14.6 Å². The maximum atomic E-state index is 12.8. The molecule has 2 aromatic heterocycles. The van der Waals surface area contributed by atoms with Gasteiger partial charge in [-0.1, -0.05) is 6.07 Å². The Morgan fingerprint density at radius 1 is 1.15 bits per heavy atom. The van der Waals surface area contributed by atoms with Gasteiger partial charge in [-0.05, 0) is 59.7 Å². The van der Waals surface area contributed by atoms with E-state index in [0.29, 0.717) is 24.6 Å². The van der Waals surface area contributed by atoms with Crippen molar-refractivity contribution in [2.24, 2.45) is 5.92 Å². The number of aryl methyl sites for hydroxylation is 1. The summed E-state index contributed by atoms with van der Waals surface area (Å²) in [4.78, 5) is 33.7. The fourth-order valence-corrected chi connectivity index (χ4v) is 4.74. The first kappa shape index (κ1) is 17.2. The Hall–Kier alpha value is -2.21. The van der Waals surface area contributed by atoms with E-state index in [9.17, 15) is 9.59 Å². The Labute approximate surface area is 157 Å². The number of thiophene rings is 1. The molecule has 3 aliphatic heterocycles. The van der Waals surface area contributed by atoms with Crippen molar-refractivity contribution in [2.45, 2.75) is 31.7 Å². The molecule has 5 heterocycles. The third-order valence-corrected chi connectivity index (χ3v) is 6.14. The highest BCUT2D eigenvalue weighted by atomic mass is 32.1. The summed E-state index contributed by atoms with van der Waals surface area (Å²) in [5.41, 5.74) is 1.72. The summed E-state index contributed by atoms with van der Waals surface area (Å²) in [6.07, 6.45) is 5.08. The van der Waals surface area contributed by atoms with Crippen molar-refractivity contribution in [3.05, 3.63) is 52.5 Å². The number of carbonyl (C=O) groups excluding carboxylic acids is 2. The van der Waals surface area contributed by atoms with Crippen LogP contribution in [0.3, 0.4) is 0 Å². The molecule has 3 aliphatic rings. The molecule has 0 radical (unpaired) electrons. The Morgan fingerprint density at radius 2 is 2.08 bits per heavy atom. The minimum absolute atomic E-state index is 0.0185. The van der Waals surface area contributed by atoms with Crippen molar-refractivity contribution in [3.63, 3.8) is 0 Å². The number of hydrogen-bond donors (Lipinski definition) is 0. The van der Waals surface area contributed by atoms with E-state index in [-0.39, 0.29) is 17.9 Å². The van der Waals surface area contributed by atoms with Gasteiger partial charge in [0.25, 0.3) is 5.91 Å². The SMILES string of the molecule is O=C(c1ccccn1)N1C[C@H]2CC[C@@H](C1)N(C(=O)CCc1ccsc1)C2. The lowest BCUT2D eigenvalue weighted by atomic mass is 9.94. The Balaban J connectivity index is 1.43. The maximum absolute atomic E-state index is 12.8. The fraction of sp³-hybridized carbons (Fsp3) is 0.450. The number of aromatic nitrogens is 1. The summed E-state index contributed by atoms with van der Waals surface area (Å²) < 4.78 is 0. The van der Waals surface area contributed by atoms with Crippen LogP contribution in [0.15, 0.2) is 41.2 Å². The van der Waals surface area contributed by atoms with Gasteiger partial charge in [0.2, 0.25) is 5.91 Å². The summed E-state index contributed by atoms with van der Waals surface area (Å²) in [5, 5.41) is 4.16. The van der Waals surface area contributed by atoms with Crippen LogP contribution in [-0.2, 0) is 11.2 Å². The van der Waals surface area contributed by atoms with Crippen molar-refractivity contribution in [2.75, 3.05) is 19.6 Å². The number of piperidine rings is 1. The second-order valence-corrected chi connectivity index (χ2v) is 7.98. The van der Waals surface area contributed by atoms with Gasteiger partial charge in [-0.25, -0.2) is 0 Å². The van der Waals surface area contributed by atoms with E-state index < -0.39 is 0 Å².